The van der Waals surface area contributed by atoms with E-state index < -0.39 is 17.7 Å². The Morgan fingerprint density at radius 1 is 1.03 bits per heavy atom. The Kier molecular flexibility index (Phi) is 7.33. The number of hydrogen-bond donors (Lipinski definition) is 0. The van der Waals surface area contributed by atoms with Gasteiger partial charge in [0, 0.05) is 32.2 Å². The molecule has 0 unspecified atom stereocenters. The van der Waals surface area contributed by atoms with Crippen LogP contribution in [0.4, 0.5) is 8.78 Å². The largest absolute Gasteiger partial charge is 0.455 e. The Balaban J connectivity index is 1.42. The molecule has 31 heavy (non-hydrogen) atoms. The molecule has 2 amide bonds. The molecule has 1 saturated heterocycles. The van der Waals surface area contributed by atoms with Gasteiger partial charge in [0.15, 0.2) is 6.61 Å². The zero-order valence-corrected chi connectivity index (χ0v) is 17.2. The molecule has 1 aliphatic rings. The Hall–Kier alpha value is -3.29. The standard InChI is InChI=1S/C23H24F2N2O4/c1-26(14-16-3-2-4-20(25)13-16)21(28)15-31-23(30)18-9-11-27(12-10-18)22(29)17-5-7-19(24)8-6-17/h2-8,13,18H,9-12,14-15H2,1H3. The number of carbonyl (C=O) groups is 3. The minimum Gasteiger partial charge on any atom is -0.455 e. The van der Waals surface area contributed by atoms with Gasteiger partial charge in [0.05, 0.1) is 5.92 Å². The highest BCUT2D eigenvalue weighted by atomic mass is 19.1. The van der Waals surface area contributed by atoms with E-state index in [1.807, 2.05) is 0 Å². The number of halogens is 2. The first-order valence-corrected chi connectivity index (χ1v) is 10.0. The van der Waals surface area contributed by atoms with E-state index in [-0.39, 0.29) is 30.8 Å². The maximum absolute atomic E-state index is 13.3. The van der Waals surface area contributed by atoms with E-state index in [0.717, 1.165) is 0 Å². The van der Waals surface area contributed by atoms with Gasteiger partial charge >= 0.3 is 5.97 Å². The number of ether oxygens (including phenoxy) is 1. The third-order valence-corrected chi connectivity index (χ3v) is 5.28. The van der Waals surface area contributed by atoms with Crippen molar-refractivity contribution in [2.24, 2.45) is 5.92 Å². The molecule has 0 radical (unpaired) electrons. The van der Waals surface area contributed by atoms with Gasteiger partial charge < -0.3 is 14.5 Å². The number of nitrogens with zero attached hydrogens (tertiary/aromatic N) is 2. The highest BCUT2D eigenvalue weighted by Gasteiger charge is 2.29. The predicted octanol–water partition coefficient (Wildman–Crippen LogP) is 3.02. The molecule has 0 N–H and O–H groups in total. The number of esters is 1. The fourth-order valence-electron chi connectivity index (χ4n) is 3.45. The lowest BCUT2D eigenvalue weighted by Crippen LogP contribution is -2.41. The molecule has 0 saturated carbocycles. The Morgan fingerprint density at radius 2 is 1.71 bits per heavy atom. The average molecular weight is 430 g/mol. The van der Waals surface area contributed by atoms with Crippen LogP contribution >= 0.6 is 0 Å². The number of rotatable bonds is 6. The van der Waals surface area contributed by atoms with E-state index in [9.17, 15) is 23.2 Å². The fourth-order valence-corrected chi connectivity index (χ4v) is 3.45. The van der Waals surface area contributed by atoms with E-state index in [0.29, 0.717) is 37.1 Å². The maximum Gasteiger partial charge on any atom is 0.309 e. The summed E-state index contributed by atoms with van der Waals surface area (Å²) in [5, 5.41) is 0. The highest BCUT2D eigenvalue weighted by Crippen LogP contribution is 2.20. The second-order valence-corrected chi connectivity index (χ2v) is 7.56. The Bertz CT molecular complexity index is 941. The number of piperidine rings is 1. The number of hydrogen-bond acceptors (Lipinski definition) is 4. The summed E-state index contributed by atoms with van der Waals surface area (Å²) < 4.78 is 31.4. The lowest BCUT2D eigenvalue weighted by atomic mass is 9.96. The van der Waals surface area contributed by atoms with E-state index in [1.54, 1.807) is 24.1 Å². The van der Waals surface area contributed by atoms with Gasteiger partial charge in [-0.3, -0.25) is 14.4 Å². The summed E-state index contributed by atoms with van der Waals surface area (Å²) in [7, 11) is 1.56. The fraction of sp³-hybridized carbons (Fsp3) is 0.348. The lowest BCUT2D eigenvalue weighted by molar-refractivity contribution is -0.156. The monoisotopic (exact) mass is 430 g/mol. The topological polar surface area (TPSA) is 66.9 Å². The minimum absolute atomic E-state index is 0.206. The molecule has 0 aromatic heterocycles. The van der Waals surface area contributed by atoms with Crippen LogP contribution in [0.3, 0.4) is 0 Å². The molecule has 8 heteroatoms. The molecule has 6 nitrogen and oxygen atoms in total. The van der Waals surface area contributed by atoms with Crippen LogP contribution < -0.4 is 0 Å². The van der Waals surface area contributed by atoms with E-state index in [1.165, 1.54) is 41.3 Å². The van der Waals surface area contributed by atoms with Crippen LogP contribution in [0, 0.1) is 17.6 Å². The molecule has 1 heterocycles. The Labute approximate surface area is 179 Å². The molecule has 164 valence electrons. The SMILES string of the molecule is CN(Cc1cccc(F)c1)C(=O)COC(=O)C1CCN(C(=O)c2ccc(F)cc2)CC1. The van der Waals surface area contributed by atoms with Crippen molar-refractivity contribution in [1.82, 2.24) is 9.80 Å². The van der Waals surface area contributed by atoms with Crippen LogP contribution in [-0.2, 0) is 20.9 Å². The van der Waals surface area contributed by atoms with Crippen molar-refractivity contribution in [3.05, 3.63) is 71.3 Å². The summed E-state index contributed by atoms with van der Waals surface area (Å²) in [5.41, 5.74) is 1.04. The third-order valence-electron chi connectivity index (χ3n) is 5.28. The minimum atomic E-state index is -0.471. The van der Waals surface area contributed by atoms with E-state index >= 15 is 0 Å². The van der Waals surface area contributed by atoms with Crippen LogP contribution in [-0.4, -0.2) is 54.3 Å². The van der Waals surface area contributed by atoms with Gasteiger partial charge in [0.25, 0.3) is 11.8 Å². The summed E-state index contributed by atoms with van der Waals surface area (Å²) in [6.45, 7) is 0.574. The quantitative estimate of drug-likeness (QED) is 0.661. The van der Waals surface area contributed by atoms with Crippen LogP contribution in [0.15, 0.2) is 48.5 Å². The van der Waals surface area contributed by atoms with Gasteiger partial charge in [0.2, 0.25) is 0 Å². The molecule has 2 aromatic rings. The number of benzene rings is 2. The molecule has 0 atom stereocenters. The summed E-state index contributed by atoms with van der Waals surface area (Å²) in [5.74, 6) is -2.24. The highest BCUT2D eigenvalue weighted by molar-refractivity contribution is 5.94. The van der Waals surface area contributed by atoms with Crippen LogP contribution in [0.1, 0.15) is 28.8 Å². The lowest BCUT2D eigenvalue weighted by Gasteiger charge is -2.31. The van der Waals surface area contributed by atoms with Gasteiger partial charge in [0.1, 0.15) is 11.6 Å². The molecule has 1 fully saturated rings. The molecule has 3 rings (SSSR count). The summed E-state index contributed by atoms with van der Waals surface area (Å²) in [6.07, 6.45) is 0.859. The predicted molar refractivity (Wildman–Crippen MR) is 109 cm³/mol. The van der Waals surface area contributed by atoms with Gasteiger partial charge in [-0.15, -0.1) is 0 Å². The normalized spacial score (nSPS) is 14.2. The van der Waals surface area contributed by atoms with Gasteiger partial charge in [-0.05, 0) is 54.8 Å². The number of carbonyl (C=O) groups excluding carboxylic acids is 3. The van der Waals surface area contributed by atoms with Crippen molar-refractivity contribution < 1.29 is 27.9 Å². The molecular weight excluding hydrogens is 406 g/mol. The van der Waals surface area contributed by atoms with Crippen LogP contribution in [0.2, 0.25) is 0 Å². The first kappa shape index (κ1) is 22.4. The number of likely N-dealkylation sites (N-methyl/N-ethyl adjacent to an activating group) is 1. The molecule has 0 aliphatic carbocycles. The first-order valence-electron chi connectivity index (χ1n) is 10.0. The third kappa shape index (κ3) is 6.10. The van der Waals surface area contributed by atoms with Gasteiger partial charge in [-0.1, -0.05) is 12.1 Å². The van der Waals surface area contributed by atoms with E-state index in [4.69, 9.17) is 4.74 Å². The first-order chi connectivity index (χ1) is 14.8. The zero-order valence-electron chi connectivity index (χ0n) is 17.2. The zero-order chi connectivity index (χ0) is 22.4. The van der Waals surface area contributed by atoms with Crippen molar-refractivity contribution in [2.45, 2.75) is 19.4 Å². The number of likely N-dealkylation sites (tertiary alicyclic amines) is 1. The van der Waals surface area contributed by atoms with Crippen LogP contribution in [0.5, 0.6) is 0 Å². The summed E-state index contributed by atoms with van der Waals surface area (Å²) in [6, 6.07) is 11.3. The van der Waals surface area contributed by atoms with Gasteiger partial charge in [-0.25, -0.2) is 8.78 Å². The molecular formula is C23H24F2N2O4. The molecule has 0 bridgehead atoms. The smallest absolute Gasteiger partial charge is 0.309 e. The average Bonchev–Trinajstić information content (AvgIpc) is 2.77. The maximum atomic E-state index is 13.3. The van der Waals surface area contributed by atoms with Crippen molar-refractivity contribution in [3.8, 4) is 0 Å². The van der Waals surface area contributed by atoms with Crippen molar-refractivity contribution in [3.63, 3.8) is 0 Å². The van der Waals surface area contributed by atoms with Gasteiger partial charge in [-0.2, -0.15) is 0 Å². The number of amides is 2. The van der Waals surface area contributed by atoms with Crippen LogP contribution in [0.25, 0.3) is 0 Å². The Morgan fingerprint density at radius 3 is 2.35 bits per heavy atom. The second kappa shape index (κ2) is 10.1. The molecule has 2 aromatic carbocycles. The van der Waals surface area contributed by atoms with Crippen molar-refractivity contribution in [1.29, 1.82) is 0 Å². The van der Waals surface area contributed by atoms with E-state index in [2.05, 4.69) is 0 Å². The molecule has 0 spiro atoms. The van der Waals surface area contributed by atoms with Crippen molar-refractivity contribution in [2.75, 3.05) is 26.7 Å². The second-order valence-electron chi connectivity index (χ2n) is 7.56. The summed E-state index contributed by atoms with van der Waals surface area (Å²) in [4.78, 5) is 40.0. The summed E-state index contributed by atoms with van der Waals surface area (Å²) >= 11 is 0. The van der Waals surface area contributed by atoms with Crippen molar-refractivity contribution >= 4 is 17.8 Å². The molecule has 1 aliphatic heterocycles.